The minimum atomic E-state index is -0.751. The zero-order valence-electron chi connectivity index (χ0n) is 11.8. The van der Waals surface area contributed by atoms with Crippen LogP contribution in [0.25, 0.3) is 10.9 Å². The molecule has 4 N–H and O–H groups in total. The number of rotatable bonds is 5. The Morgan fingerprint density at radius 1 is 1.29 bits per heavy atom. The minimum absolute atomic E-state index is 0.0803. The average Bonchev–Trinajstić information content (AvgIpc) is 2.92. The van der Waals surface area contributed by atoms with Crippen LogP contribution in [0.4, 0.5) is 5.69 Å². The van der Waals surface area contributed by atoms with Crippen LogP contribution >= 0.6 is 0 Å². The highest BCUT2D eigenvalue weighted by molar-refractivity contribution is 6.39. The van der Waals surface area contributed by atoms with Gasteiger partial charge >= 0.3 is 11.8 Å². The maximum Gasteiger partial charge on any atom is 0.313 e. The molecule has 0 spiro atoms. The normalized spacial score (nSPS) is 12.1. The molecule has 1 aromatic heterocycles. The smallest absolute Gasteiger partial charge is 0.313 e. The summed E-state index contributed by atoms with van der Waals surface area (Å²) in [4.78, 5) is 26.4. The molecule has 0 aliphatic carbocycles. The SMILES string of the molecule is CCCC(O)CNC(=O)C(=O)Nc1ccc2[nH]ccc2c1. The lowest BCUT2D eigenvalue weighted by Crippen LogP contribution is -2.39. The Balaban J connectivity index is 1.89. The van der Waals surface area contributed by atoms with Crippen LogP contribution in [0.1, 0.15) is 19.8 Å². The summed E-state index contributed by atoms with van der Waals surface area (Å²) in [6, 6.07) is 7.21. The topological polar surface area (TPSA) is 94.2 Å². The third-order valence-corrected chi connectivity index (χ3v) is 3.14. The van der Waals surface area contributed by atoms with Crippen molar-refractivity contribution in [2.45, 2.75) is 25.9 Å². The minimum Gasteiger partial charge on any atom is -0.391 e. The van der Waals surface area contributed by atoms with Crippen LogP contribution in [0.15, 0.2) is 30.5 Å². The Hall–Kier alpha value is -2.34. The predicted octanol–water partition coefficient (Wildman–Crippen LogP) is 1.38. The summed E-state index contributed by atoms with van der Waals surface area (Å²) in [7, 11) is 0. The van der Waals surface area contributed by atoms with E-state index < -0.39 is 17.9 Å². The van der Waals surface area contributed by atoms with E-state index in [1.165, 1.54) is 0 Å². The van der Waals surface area contributed by atoms with Crippen LogP contribution in [0, 0.1) is 0 Å². The van der Waals surface area contributed by atoms with E-state index in [4.69, 9.17) is 0 Å². The number of aromatic amines is 1. The van der Waals surface area contributed by atoms with Gasteiger partial charge in [0.2, 0.25) is 0 Å². The van der Waals surface area contributed by atoms with E-state index in [9.17, 15) is 14.7 Å². The van der Waals surface area contributed by atoms with Crippen molar-refractivity contribution in [2.75, 3.05) is 11.9 Å². The first-order valence-electron chi connectivity index (χ1n) is 6.94. The molecule has 1 aromatic carbocycles. The number of carbonyl (C=O) groups is 2. The first kappa shape index (κ1) is 15.1. The lowest BCUT2D eigenvalue weighted by molar-refractivity contribution is -0.136. The molecule has 6 nitrogen and oxygen atoms in total. The van der Waals surface area contributed by atoms with Gasteiger partial charge in [-0.25, -0.2) is 0 Å². The van der Waals surface area contributed by atoms with Gasteiger partial charge in [-0.15, -0.1) is 0 Å². The second-order valence-electron chi connectivity index (χ2n) is 4.89. The maximum atomic E-state index is 11.7. The number of carbonyl (C=O) groups excluding carboxylic acids is 2. The van der Waals surface area contributed by atoms with Crippen molar-refractivity contribution in [2.24, 2.45) is 0 Å². The fraction of sp³-hybridized carbons (Fsp3) is 0.333. The molecule has 6 heteroatoms. The number of aliphatic hydroxyl groups is 1. The number of hydrogen-bond acceptors (Lipinski definition) is 3. The third-order valence-electron chi connectivity index (χ3n) is 3.14. The van der Waals surface area contributed by atoms with Crippen LogP contribution < -0.4 is 10.6 Å². The van der Waals surface area contributed by atoms with Crippen molar-refractivity contribution >= 4 is 28.4 Å². The predicted molar refractivity (Wildman–Crippen MR) is 80.9 cm³/mol. The molecule has 1 atom stereocenters. The molecule has 2 aromatic rings. The highest BCUT2D eigenvalue weighted by atomic mass is 16.3. The Morgan fingerprint density at radius 3 is 2.86 bits per heavy atom. The van der Waals surface area contributed by atoms with Crippen molar-refractivity contribution < 1.29 is 14.7 Å². The van der Waals surface area contributed by atoms with E-state index >= 15 is 0 Å². The molecular weight excluding hydrogens is 270 g/mol. The number of hydrogen-bond donors (Lipinski definition) is 4. The van der Waals surface area contributed by atoms with Crippen LogP contribution in [0.5, 0.6) is 0 Å². The van der Waals surface area contributed by atoms with Crippen LogP contribution in [-0.2, 0) is 9.59 Å². The van der Waals surface area contributed by atoms with Crippen molar-refractivity contribution in [1.29, 1.82) is 0 Å². The summed E-state index contributed by atoms with van der Waals surface area (Å²) in [5, 5.41) is 15.4. The zero-order valence-corrected chi connectivity index (χ0v) is 11.8. The van der Waals surface area contributed by atoms with Crippen molar-refractivity contribution in [3.8, 4) is 0 Å². The molecular formula is C15H19N3O3. The number of nitrogens with one attached hydrogen (secondary N) is 3. The van der Waals surface area contributed by atoms with Gasteiger partial charge in [0.25, 0.3) is 0 Å². The van der Waals surface area contributed by atoms with Gasteiger partial charge < -0.3 is 20.7 Å². The van der Waals surface area contributed by atoms with E-state index in [-0.39, 0.29) is 6.54 Å². The molecule has 0 aliphatic heterocycles. The lowest BCUT2D eigenvalue weighted by Gasteiger charge is -2.10. The van der Waals surface area contributed by atoms with Crippen LogP contribution in [0.3, 0.4) is 0 Å². The van der Waals surface area contributed by atoms with E-state index in [1.54, 1.807) is 18.3 Å². The quantitative estimate of drug-likeness (QED) is 0.626. The summed E-state index contributed by atoms with van der Waals surface area (Å²) in [6.07, 6.45) is 2.59. The molecule has 1 unspecified atom stereocenters. The van der Waals surface area contributed by atoms with Crippen molar-refractivity contribution in [3.05, 3.63) is 30.5 Å². The highest BCUT2D eigenvalue weighted by Gasteiger charge is 2.15. The van der Waals surface area contributed by atoms with Gasteiger partial charge in [0.15, 0.2) is 0 Å². The van der Waals surface area contributed by atoms with E-state index in [0.717, 1.165) is 17.3 Å². The third kappa shape index (κ3) is 4.06. The molecule has 0 aliphatic rings. The summed E-state index contributed by atoms with van der Waals surface area (Å²) in [5.41, 5.74) is 1.51. The first-order chi connectivity index (χ1) is 10.1. The van der Waals surface area contributed by atoms with Crippen molar-refractivity contribution in [3.63, 3.8) is 0 Å². The van der Waals surface area contributed by atoms with Gasteiger partial charge in [0, 0.05) is 29.3 Å². The summed E-state index contributed by atoms with van der Waals surface area (Å²) in [6.45, 7) is 2.02. The highest BCUT2D eigenvalue weighted by Crippen LogP contribution is 2.17. The summed E-state index contributed by atoms with van der Waals surface area (Å²) in [5.74, 6) is -1.49. The van der Waals surface area contributed by atoms with Gasteiger partial charge in [0.1, 0.15) is 0 Å². The Morgan fingerprint density at radius 2 is 2.10 bits per heavy atom. The second kappa shape index (κ2) is 6.90. The number of anilines is 1. The van der Waals surface area contributed by atoms with Crippen molar-refractivity contribution in [1.82, 2.24) is 10.3 Å². The molecule has 1 heterocycles. The molecule has 0 saturated heterocycles. The number of aromatic nitrogens is 1. The van der Waals surface area contributed by atoms with Gasteiger partial charge in [-0.2, -0.15) is 0 Å². The number of fused-ring (bicyclic) bond motifs is 1. The fourth-order valence-corrected chi connectivity index (χ4v) is 2.04. The summed E-state index contributed by atoms with van der Waals surface area (Å²) < 4.78 is 0. The first-order valence-corrected chi connectivity index (χ1v) is 6.94. The van der Waals surface area contributed by atoms with Gasteiger partial charge in [0.05, 0.1) is 6.10 Å². The molecule has 0 bridgehead atoms. The number of aliphatic hydroxyl groups excluding tert-OH is 1. The Labute approximate surface area is 122 Å². The Kier molecular flexibility index (Phi) is 4.94. The van der Waals surface area contributed by atoms with E-state index in [0.29, 0.717) is 12.1 Å². The van der Waals surface area contributed by atoms with E-state index in [1.807, 2.05) is 19.1 Å². The lowest BCUT2D eigenvalue weighted by atomic mass is 10.2. The number of benzene rings is 1. The summed E-state index contributed by atoms with van der Waals surface area (Å²) >= 11 is 0. The number of H-pyrrole nitrogens is 1. The molecule has 21 heavy (non-hydrogen) atoms. The van der Waals surface area contributed by atoms with Crippen LogP contribution in [-0.4, -0.2) is 34.6 Å². The van der Waals surface area contributed by atoms with E-state index in [2.05, 4.69) is 15.6 Å². The molecule has 2 amide bonds. The molecule has 112 valence electrons. The molecule has 0 fully saturated rings. The molecule has 0 saturated carbocycles. The standard InChI is InChI=1S/C15H19N3O3/c1-2-3-12(19)9-17-14(20)15(21)18-11-4-5-13-10(8-11)6-7-16-13/h4-8,12,16,19H,2-3,9H2,1H3,(H,17,20)(H,18,21). The zero-order chi connectivity index (χ0) is 15.2. The Bertz CT molecular complexity index is 636. The van der Waals surface area contributed by atoms with Crippen LogP contribution in [0.2, 0.25) is 0 Å². The number of amides is 2. The second-order valence-corrected chi connectivity index (χ2v) is 4.89. The van der Waals surface area contributed by atoms with Gasteiger partial charge in [-0.05, 0) is 30.7 Å². The molecule has 0 radical (unpaired) electrons. The molecule has 2 rings (SSSR count). The monoisotopic (exact) mass is 289 g/mol. The maximum absolute atomic E-state index is 11.7. The van der Waals surface area contributed by atoms with Gasteiger partial charge in [-0.3, -0.25) is 9.59 Å². The van der Waals surface area contributed by atoms with Gasteiger partial charge in [-0.1, -0.05) is 13.3 Å². The average molecular weight is 289 g/mol. The largest absolute Gasteiger partial charge is 0.391 e. The fourth-order valence-electron chi connectivity index (χ4n) is 2.04.